The van der Waals surface area contributed by atoms with Crippen LogP contribution in [0.4, 0.5) is 4.39 Å². The lowest BCUT2D eigenvalue weighted by molar-refractivity contribution is 0.0854. The van der Waals surface area contributed by atoms with E-state index < -0.39 is 23.9 Å². The molecule has 5 heteroatoms. The Balaban J connectivity index is 1.87. The Morgan fingerprint density at radius 3 is 2.86 bits per heavy atom. The van der Waals surface area contributed by atoms with E-state index in [0.29, 0.717) is 10.9 Å². The van der Waals surface area contributed by atoms with Gasteiger partial charge in [0.15, 0.2) is 0 Å². The van der Waals surface area contributed by atoms with Crippen LogP contribution in [0, 0.1) is 5.82 Å². The van der Waals surface area contributed by atoms with Crippen molar-refractivity contribution in [3.8, 4) is 0 Å². The van der Waals surface area contributed by atoms with Crippen LogP contribution in [0.5, 0.6) is 0 Å². The topological polar surface area (TPSA) is 49.3 Å². The maximum absolute atomic E-state index is 13.7. The van der Waals surface area contributed by atoms with E-state index in [1.54, 1.807) is 0 Å². The quantitative estimate of drug-likeness (QED) is 0.875. The second-order valence-electron chi connectivity index (χ2n) is 5.05. The van der Waals surface area contributed by atoms with Crippen LogP contribution in [0.1, 0.15) is 27.5 Å². The minimum absolute atomic E-state index is 0.0408. The van der Waals surface area contributed by atoms with Crippen LogP contribution in [0.2, 0.25) is 0 Å². The summed E-state index contributed by atoms with van der Waals surface area (Å²) in [7, 11) is 0. The molecule has 0 aromatic heterocycles. The van der Waals surface area contributed by atoms with E-state index in [1.807, 2.05) is 24.3 Å². The molecular weight excluding hydrogens is 337 g/mol. The number of amides is 1. The molecule has 0 bridgehead atoms. The lowest BCUT2D eigenvalue weighted by Crippen LogP contribution is -2.34. The van der Waals surface area contributed by atoms with E-state index >= 15 is 0 Å². The number of nitrogens with one attached hydrogen (secondary N) is 1. The minimum atomic E-state index is -0.693. The molecule has 0 unspecified atom stereocenters. The summed E-state index contributed by atoms with van der Waals surface area (Å²) in [6.07, 6.45) is -0.205. The molecular formula is C16H13BrFNO2. The van der Waals surface area contributed by atoms with Crippen LogP contribution < -0.4 is 5.32 Å². The van der Waals surface area contributed by atoms with Crippen molar-refractivity contribution in [2.75, 3.05) is 0 Å². The van der Waals surface area contributed by atoms with Crippen molar-refractivity contribution in [2.45, 2.75) is 18.6 Å². The van der Waals surface area contributed by atoms with Crippen molar-refractivity contribution < 1.29 is 14.3 Å². The normalized spacial score (nSPS) is 20.1. The van der Waals surface area contributed by atoms with Crippen LogP contribution in [0.3, 0.4) is 0 Å². The number of hydrogen-bond donors (Lipinski definition) is 2. The summed E-state index contributed by atoms with van der Waals surface area (Å²) in [5.74, 6) is -1.12. The molecule has 0 aliphatic heterocycles. The number of carbonyl (C=O) groups excluding carboxylic acids is 1. The van der Waals surface area contributed by atoms with E-state index in [0.717, 1.165) is 11.1 Å². The number of hydrogen-bond acceptors (Lipinski definition) is 2. The second-order valence-corrected chi connectivity index (χ2v) is 5.96. The highest BCUT2D eigenvalue weighted by molar-refractivity contribution is 9.10. The number of rotatable bonds is 2. The van der Waals surface area contributed by atoms with Gasteiger partial charge in [-0.3, -0.25) is 4.79 Å². The van der Waals surface area contributed by atoms with Crippen LogP contribution in [-0.2, 0) is 6.42 Å². The SMILES string of the molecule is O=C(N[C@H]1c2ccccc2C[C@H]1O)c1cc(Br)ccc1F. The summed E-state index contributed by atoms with van der Waals surface area (Å²) in [6.45, 7) is 0. The van der Waals surface area contributed by atoms with Gasteiger partial charge in [0.1, 0.15) is 5.82 Å². The van der Waals surface area contributed by atoms with Gasteiger partial charge < -0.3 is 10.4 Å². The van der Waals surface area contributed by atoms with Crippen molar-refractivity contribution in [2.24, 2.45) is 0 Å². The van der Waals surface area contributed by atoms with Crippen LogP contribution in [0.15, 0.2) is 46.9 Å². The summed E-state index contributed by atoms with van der Waals surface area (Å²) in [6, 6.07) is 11.2. The maximum atomic E-state index is 13.7. The number of carbonyl (C=O) groups is 1. The van der Waals surface area contributed by atoms with E-state index in [-0.39, 0.29) is 5.56 Å². The third kappa shape index (κ3) is 2.71. The van der Waals surface area contributed by atoms with Crippen LogP contribution >= 0.6 is 15.9 Å². The maximum Gasteiger partial charge on any atom is 0.254 e. The predicted octanol–water partition coefficient (Wildman–Crippen LogP) is 2.98. The van der Waals surface area contributed by atoms with E-state index in [4.69, 9.17) is 0 Å². The first-order valence-electron chi connectivity index (χ1n) is 6.58. The first-order chi connectivity index (χ1) is 10.1. The molecule has 0 saturated carbocycles. The predicted molar refractivity (Wildman–Crippen MR) is 80.5 cm³/mol. The fourth-order valence-electron chi connectivity index (χ4n) is 2.64. The first-order valence-corrected chi connectivity index (χ1v) is 7.37. The molecule has 3 rings (SSSR count). The van der Waals surface area contributed by atoms with Crippen molar-refractivity contribution in [1.82, 2.24) is 5.32 Å². The molecule has 0 spiro atoms. The average molecular weight is 350 g/mol. The van der Waals surface area contributed by atoms with Gasteiger partial charge in [0.2, 0.25) is 0 Å². The van der Waals surface area contributed by atoms with E-state index in [1.165, 1.54) is 18.2 Å². The first kappa shape index (κ1) is 14.2. The molecule has 3 nitrogen and oxygen atoms in total. The monoisotopic (exact) mass is 349 g/mol. The highest BCUT2D eigenvalue weighted by atomic mass is 79.9. The van der Waals surface area contributed by atoms with Crippen molar-refractivity contribution in [3.63, 3.8) is 0 Å². The standard InChI is InChI=1S/C16H13BrFNO2/c17-10-5-6-13(18)12(8-10)16(21)19-15-11-4-2-1-3-9(11)7-14(15)20/h1-6,8,14-15,20H,7H2,(H,19,21)/t14-,15+/m1/s1. The Kier molecular flexibility index (Phi) is 3.78. The smallest absolute Gasteiger partial charge is 0.254 e. The molecule has 0 fully saturated rings. The molecule has 0 heterocycles. The van der Waals surface area contributed by atoms with Crippen LogP contribution in [0.25, 0.3) is 0 Å². The van der Waals surface area contributed by atoms with Gasteiger partial charge in [0.05, 0.1) is 17.7 Å². The van der Waals surface area contributed by atoms with Crippen molar-refractivity contribution in [3.05, 3.63) is 69.4 Å². The lowest BCUT2D eigenvalue weighted by atomic mass is 10.1. The Morgan fingerprint density at radius 2 is 2.05 bits per heavy atom. The van der Waals surface area contributed by atoms with Gasteiger partial charge in [0.25, 0.3) is 5.91 Å². The molecule has 108 valence electrons. The number of benzene rings is 2. The Morgan fingerprint density at radius 1 is 1.29 bits per heavy atom. The highest BCUT2D eigenvalue weighted by Gasteiger charge is 2.32. The zero-order chi connectivity index (χ0) is 15.0. The molecule has 0 radical (unpaired) electrons. The number of fused-ring (bicyclic) bond motifs is 1. The molecule has 2 aromatic carbocycles. The van der Waals surface area contributed by atoms with Crippen molar-refractivity contribution >= 4 is 21.8 Å². The summed E-state index contributed by atoms with van der Waals surface area (Å²) in [5.41, 5.74) is 1.85. The van der Waals surface area contributed by atoms with Gasteiger partial charge in [-0.2, -0.15) is 0 Å². The molecule has 2 atom stereocenters. The zero-order valence-electron chi connectivity index (χ0n) is 11.0. The van der Waals surface area contributed by atoms with Crippen molar-refractivity contribution in [1.29, 1.82) is 0 Å². The number of halogens is 2. The summed E-state index contributed by atoms with van der Waals surface area (Å²) < 4.78 is 14.4. The third-order valence-electron chi connectivity index (χ3n) is 3.66. The Hall–Kier alpha value is -1.72. The molecule has 1 aliphatic carbocycles. The Labute approximate surface area is 129 Å². The Bertz CT molecular complexity index is 704. The van der Waals surface area contributed by atoms with Gasteiger partial charge in [-0.25, -0.2) is 4.39 Å². The average Bonchev–Trinajstić information content (AvgIpc) is 2.78. The molecule has 2 N–H and O–H groups in total. The number of aliphatic hydroxyl groups excluding tert-OH is 1. The molecule has 1 aliphatic rings. The van der Waals surface area contributed by atoms with E-state index in [9.17, 15) is 14.3 Å². The van der Waals surface area contributed by atoms with Gasteiger partial charge in [0, 0.05) is 10.9 Å². The molecule has 1 amide bonds. The summed E-state index contributed by atoms with van der Waals surface area (Å²) >= 11 is 3.22. The fraction of sp³-hybridized carbons (Fsp3) is 0.188. The number of aliphatic hydroxyl groups is 1. The molecule has 21 heavy (non-hydrogen) atoms. The lowest BCUT2D eigenvalue weighted by Gasteiger charge is -2.18. The largest absolute Gasteiger partial charge is 0.390 e. The van der Waals surface area contributed by atoms with Gasteiger partial charge >= 0.3 is 0 Å². The minimum Gasteiger partial charge on any atom is -0.390 e. The van der Waals surface area contributed by atoms with E-state index in [2.05, 4.69) is 21.2 Å². The third-order valence-corrected chi connectivity index (χ3v) is 4.16. The van der Waals surface area contributed by atoms with Gasteiger partial charge in [-0.05, 0) is 29.3 Å². The van der Waals surface area contributed by atoms with Gasteiger partial charge in [-0.15, -0.1) is 0 Å². The van der Waals surface area contributed by atoms with Crippen LogP contribution in [-0.4, -0.2) is 17.1 Å². The summed E-state index contributed by atoms with van der Waals surface area (Å²) in [4.78, 5) is 12.2. The van der Waals surface area contributed by atoms with Gasteiger partial charge in [-0.1, -0.05) is 40.2 Å². The fourth-order valence-corrected chi connectivity index (χ4v) is 3.00. The molecule has 0 saturated heterocycles. The highest BCUT2D eigenvalue weighted by Crippen LogP contribution is 2.31. The molecule has 2 aromatic rings. The second kappa shape index (κ2) is 5.58. The summed E-state index contributed by atoms with van der Waals surface area (Å²) in [5, 5.41) is 12.8. The zero-order valence-corrected chi connectivity index (χ0v) is 12.6.